The molecule has 4 heteroatoms. The highest BCUT2D eigenvalue weighted by molar-refractivity contribution is 6.31. The molecule has 1 aliphatic rings. The average molecular weight is 299 g/mol. The van der Waals surface area contributed by atoms with Crippen LogP contribution in [0.2, 0.25) is 5.02 Å². The van der Waals surface area contributed by atoms with E-state index in [0.29, 0.717) is 17.6 Å². The number of piperidine rings is 1. The highest BCUT2D eigenvalue weighted by Crippen LogP contribution is 2.21. The van der Waals surface area contributed by atoms with Gasteiger partial charge in [0.2, 0.25) is 0 Å². The Hall–Kier alpha value is -0.640. The van der Waals surface area contributed by atoms with Crippen LogP contribution < -0.4 is 5.32 Å². The highest BCUT2D eigenvalue weighted by atomic mass is 35.5. The first kappa shape index (κ1) is 15.7. The summed E-state index contributed by atoms with van der Waals surface area (Å²) in [5, 5.41) is 4.04. The van der Waals surface area contributed by atoms with E-state index in [1.54, 1.807) is 6.07 Å². The lowest BCUT2D eigenvalue weighted by Crippen LogP contribution is -2.49. The molecule has 1 aliphatic heterocycles. The third-order valence-corrected chi connectivity index (χ3v) is 4.39. The molecule has 0 bridgehead atoms. The molecular formula is C16H24ClFN2. The Morgan fingerprint density at radius 2 is 1.95 bits per heavy atom. The monoisotopic (exact) mass is 298 g/mol. The van der Waals surface area contributed by atoms with E-state index in [4.69, 9.17) is 11.6 Å². The fourth-order valence-electron chi connectivity index (χ4n) is 2.67. The van der Waals surface area contributed by atoms with E-state index in [-0.39, 0.29) is 11.4 Å². The average Bonchev–Trinajstić information content (AvgIpc) is 2.37. The van der Waals surface area contributed by atoms with Crippen molar-refractivity contribution in [2.75, 3.05) is 13.1 Å². The van der Waals surface area contributed by atoms with E-state index in [9.17, 15) is 4.39 Å². The summed E-state index contributed by atoms with van der Waals surface area (Å²) in [7, 11) is 0. The first-order valence-corrected chi connectivity index (χ1v) is 7.66. The first-order valence-electron chi connectivity index (χ1n) is 7.28. The van der Waals surface area contributed by atoms with Gasteiger partial charge in [0.1, 0.15) is 5.82 Å². The predicted molar refractivity (Wildman–Crippen MR) is 82.6 cm³/mol. The number of nitrogens with one attached hydrogen (secondary N) is 1. The number of hydrogen-bond donors (Lipinski definition) is 1. The van der Waals surface area contributed by atoms with E-state index in [1.807, 2.05) is 0 Å². The second-order valence-electron chi connectivity index (χ2n) is 6.55. The number of halogens is 2. The zero-order valence-electron chi connectivity index (χ0n) is 12.5. The molecule has 1 saturated heterocycles. The standard InChI is InChI=1S/C16H24ClFN2/c1-16(2,3)20-8-6-14(7-9-20)19-11-12-4-5-13(18)10-15(12)17/h4-5,10,14,19H,6-9,11H2,1-3H3. The van der Waals surface area contributed by atoms with Crippen molar-refractivity contribution >= 4 is 11.6 Å². The SMILES string of the molecule is CC(C)(C)N1CCC(NCc2ccc(F)cc2Cl)CC1. The fraction of sp³-hybridized carbons (Fsp3) is 0.625. The molecule has 0 aliphatic carbocycles. The Morgan fingerprint density at radius 1 is 1.30 bits per heavy atom. The fourth-order valence-corrected chi connectivity index (χ4v) is 2.91. The maximum absolute atomic E-state index is 13.0. The number of rotatable bonds is 3. The van der Waals surface area contributed by atoms with Gasteiger partial charge in [0.25, 0.3) is 0 Å². The molecule has 0 unspecified atom stereocenters. The lowest BCUT2D eigenvalue weighted by Gasteiger charge is -2.41. The number of nitrogens with zero attached hydrogens (tertiary/aromatic N) is 1. The molecule has 0 radical (unpaired) electrons. The van der Waals surface area contributed by atoms with Crippen LogP contribution >= 0.6 is 11.6 Å². The van der Waals surface area contributed by atoms with Gasteiger partial charge in [-0.2, -0.15) is 0 Å². The topological polar surface area (TPSA) is 15.3 Å². The number of hydrogen-bond acceptors (Lipinski definition) is 2. The summed E-state index contributed by atoms with van der Waals surface area (Å²) >= 11 is 6.04. The van der Waals surface area contributed by atoms with Gasteiger partial charge in [0.15, 0.2) is 0 Å². The summed E-state index contributed by atoms with van der Waals surface area (Å²) in [5.74, 6) is -0.280. The Labute approximate surface area is 126 Å². The van der Waals surface area contributed by atoms with Gasteiger partial charge in [0.05, 0.1) is 0 Å². The summed E-state index contributed by atoms with van der Waals surface area (Å²) < 4.78 is 13.0. The molecule has 1 heterocycles. The lowest BCUT2D eigenvalue weighted by atomic mass is 9.98. The minimum Gasteiger partial charge on any atom is -0.310 e. The van der Waals surface area contributed by atoms with Crippen molar-refractivity contribution < 1.29 is 4.39 Å². The molecule has 1 N–H and O–H groups in total. The van der Waals surface area contributed by atoms with Crippen LogP contribution in [-0.4, -0.2) is 29.6 Å². The second-order valence-corrected chi connectivity index (χ2v) is 6.96. The van der Waals surface area contributed by atoms with Crippen LogP contribution in [0.3, 0.4) is 0 Å². The van der Waals surface area contributed by atoms with Crippen molar-refractivity contribution in [3.05, 3.63) is 34.6 Å². The van der Waals surface area contributed by atoms with Gasteiger partial charge in [-0.3, -0.25) is 4.90 Å². The van der Waals surface area contributed by atoms with Crippen molar-refractivity contribution in [3.63, 3.8) is 0 Å². The highest BCUT2D eigenvalue weighted by Gasteiger charge is 2.26. The van der Waals surface area contributed by atoms with Crippen molar-refractivity contribution in [3.8, 4) is 0 Å². The molecule has 1 aromatic rings. The lowest BCUT2D eigenvalue weighted by molar-refractivity contribution is 0.0960. The van der Waals surface area contributed by atoms with Crippen molar-refractivity contribution in [2.24, 2.45) is 0 Å². The third kappa shape index (κ3) is 4.18. The molecule has 2 rings (SSSR count). The molecule has 0 spiro atoms. The summed E-state index contributed by atoms with van der Waals surface area (Å²) in [6.45, 7) is 9.74. The molecule has 0 saturated carbocycles. The zero-order valence-corrected chi connectivity index (χ0v) is 13.3. The van der Waals surface area contributed by atoms with E-state index in [1.165, 1.54) is 12.1 Å². The van der Waals surface area contributed by atoms with Crippen molar-refractivity contribution in [1.29, 1.82) is 0 Å². The second kappa shape index (κ2) is 6.42. The van der Waals surface area contributed by atoms with Gasteiger partial charge in [-0.05, 0) is 51.3 Å². The summed E-state index contributed by atoms with van der Waals surface area (Å²) in [4.78, 5) is 2.52. The maximum atomic E-state index is 13.0. The van der Waals surface area contributed by atoms with Crippen LogP contribution in [0.4, 0.5) is 4.39 Å². The Bertz CT molecular complexity index is 448. The largest absolute Gasteiger partial charge is 0.310 e. The molecule has 1 aromatic carbocycles. The van der Waals surface area contributed by atoms with E-state index < -0.39 is 0 Å². The Balaban J connectivity index is 1.82. The molecule has 20 heavy (non-hydrogen) atoms. The minimum absolute atomic E-state index is 0.255. The van der Waals surface area contributed by atoms with Crippen LogP contribution in [0.5, 0.6) is 0 Å². The van der Waals surface area contributed by atoms with Gasteiger partial charge < -0.3 is 5.32 Å². The number of benzene rings is 1. The van der Waals surface area contributed by atoms with Gasteiger partial charge in [-0.15, -0.1) is 0 Å². The van der Waals surface area contributed by atoms with Crippen LogP contribution in [0.15, 0.2) is 18.2 Å². The Kier molecular flexibility index (Phi) is 5.05. The van der Waals surface area contributed by atoms with E-state index in [2.05, 4.69) is 31.0 Å². The first-order chi connectivity index (χ1) is 9.36. The zero-order chi connectivity index (χ0) is 14.8. The van der Waals surface area contributed by atoms with Crippen LogP contribution in [0.25, 0.3) is 0 Å². The predicted octanol–water partition coefficient (Wildman–Crippen LogP) is 3.83. The van der Waals surface area contributed by atoms with Gasteiger partial charge in [-0.25, -0.2) is 4.39 Å². The third-order valence-electron chi connectivity index (χ3n) is 4.04. The van der Waals surface area contributed by atoms with Crippen LogP contribution in [0, 0.1) is 5.82 Å². The molecule has 0 aromatic heterocycles. The minimum atomic E-state index is -0.280. The molecule has 0 amide bonds. The van der Waals surface area contributed by atoms with Crippen molar-refractivity contribution in [2.45, 2.75) is 51.7 Å². The quantitative estimate of drug-likeness (QED) is 0.912. The smallest absolute Gasteiger partial charge is 0.124 e. The molecule has 0 atom stereocenters. The van der Waals surface area contributed by atoms with Gasteiger partial charge >= 0.3 is 0 Å². The van der Waals surface area contributed by atoms with E-state index in [0.717, 1.165) is 31.5 Å². The van der Waals surface area contributed by atoms with Crippen LogP contribution in [-0.2, 0) is 6.54 Å². The maximum Gasteiger partial charge on any atom is 0.124 e. The molecule has 2 nitrogen and oxygen atoms in total. The number of likely N-dealkylation sites (tertiary alicyclic amines) is 1. The normalized spacial score (nSPS) is 18.4. The van der Waals surface area contributed by atoms with Gasteiger partial charge in [0, 0.05) is 36.2 Å². The Morgan fingerprint density at radius 3 is 2.50 bits per heavy atom. The molecule has 1 fully saturated rings. The molecule has 112 valence electrons. The summed E-state index contributed by atoms with van der Waals surface area (Å²) in [6, 6.07) is 5.12. The van der Waals surface area contributed by atoms with Gasteiger partial charge in [-0.1, -0.05) is 17.7 Å². The molecular weight excluding hydrogens is 275 g/mol. The van der Waals surface area contributed by atoms with E-state index >= 15 is 0 Å². The van der Waals surface area contributed by atoms with Crippen molar-refractivity contribution in [1.82, 2.24) is 10.2 Å². The summed E-state index contributed by atoms with van der Waals surface area (Å²) in [6.07, 6.45) is 2.30. The van der Waals surface area contributed by atoms with Crippen LogP contribution in [0.1, 0.15) is 39.2 Å². The summed E-state index contributed by atoms with van der Waals surface area (Å²) in [5.41, 5.74) is 1.22.